The predicted molar refractivity (Wildman–Crippen MR) is 113 cm³/mol. The first-order valence-corrected chi connectivity index (χ1v) is 9.89. The summed E-state index contributed by atoms with van der Waals surface area (Å²) in [6.45, 7) is 1.72. The van der Waals surface area contributed by atoms with E-state index in [1.807, 2.05) is 41.3 Å². The number of hydrogen-bond acceptors (Lipinski definition) is 4. The van der Waals surface area contributed by atoms with Crippen LogP contribution in [0.25, 0.3) is 0 Å². The Morgan fingerprint density at radius 3 is 2.53 bits per heavy atom. The molecule has 4 rings (SSSR count). The number of nitrogens with zero attached hydrogens (tertiary/aromatic N) is 4. The van der Waals surface area contributed by atoms with Crippen molar-refractivity contribution in [2.45, 2.75) is 25.6 Å². The molecule has 0 radical (unpaired) electrons. The van der Waals surface area contributed by atoms with E-state index in [1.165, 1.54) is 0 Å². The van der Waals surface area contributed by atoms with Crippen molar-refractivity contribution in [3.8, 4) is 6.07 Å². The van der Waals surface area contributed by atoms with Crippen LogP contribution in [0.3, 0.4) is 0 Å². The maximum Gasteiger partial charge on any atom is 0.229 e. The zero-order chi connectivity index (χ0) is 20.9. The van der Waals surface area contributed by atoms with E-state index in [0.717, 1.165) is 23.4 Å². The summed E-state index contributed by atoms with van der Waals surface area (Å²) >= 11 is 0. The second-order valence-corrected chi connectivity index (χ2v) is 7.43. The highest BCUT2D eigenvalue weighted by Crippen LogP contribution is 2.22. The molecular weight excluding hydrogens is 381 g/mol. The van der Waals surface area contributed by atoms with Gasteiger partial charge in [-0.25, -0.2) is 4.39 Å². The van der Waals surface area contributed by atoms with Gasteiger partial charge in [0.25, 0.3) is 0 Å². The largest absolute Gasteiger partial charge is 0.369 e. The third kappa shape index (κ3) is 4.84. The summed E-state index contributed by atoms with van der Waals surface area (Å²) in [4.78, 5) is 14.4. The molecule has 6 nitrogen and oxygen atoms in total. The molecular formula is C23H22FN5O. The van der Waals surface area contributed by atoms with Crippen molar-refractivity contribution < 1.29 is 9.18 Å². The van der Waals surface area contributed by atoms with Gasteiger partial charge in [-0.1, -0.05) is 24.3 Å². The number of aromatic nitrogens is 2. The maximum absolute atomic E-state index is 13.4. The van der Waals surface area contributed by atoms with Crippen molar-refractivity contribution >= 4 is 17.4 Å². The number of hydrogen-bond donors (Lipinski definition) is 1. The zero-order valence-corrected chi connectivity index (χ0v) is 16.5. The highest BCUT2D eigenvalue weighted by atomic mass is 19.1. The molecule has 0 aliphatic carbocycles. The first-order chi connectivity index (χ1) is 14.6. The number of anilines is 2. The molecule has 1 N–H and O–H groups in total. The maximum atomic E-state index is 13.4. The number of halogens is 1. The molecule has 1 aliphatic heterocycles. The second kappa shape index (κ2) is 8.78. The van der Waals surface area contributed by atoms with Crippen molar-refractivity contribution in [2.24, 2.45) is 0 Å². The van der Waals surface area contributed by atoms with Crippen molar-refractivity contribution in [1.29, 1.82) is 5.26 Å². The number of benzene rings is 2. The van der Waals surface area contributed by atoms with Crippen LogP contribution in [0.1, 0.15) is 23.1 Å². The number of nitriles is 1. The zero-order valence-electron chi connectivity index (χ0n) is 16.5. The molecule has 1 atom stereocenters. The Labute approximate surface area is 174 Å². The van der Waals surface area contributed by atoms with Gasteiger partial charge >= 0.3 is 0 Å². The first kappa shape index (κ1) is 19.6. The molecule has 1 amide bonds. The van der Waals surface area contributed by atoms with Crippen molar-refractivity contribution in [3.63, 3.8) is 0 Å². The molecule has 7 heteroatoms. The van der Waals surface area contributed by atoms with Gasteiger partial charge in [0.1, 0.15) is 6.17 Å². The number of alkyl halides is 1. The number of rotatable bonds is 6. The number of amides is 1. The Kier molecular flexibility index (Phi) is 5.75. The van der Waals surface area contributed by atoms with E-state index in [-0.39, 0.29) is 12.3 Å². The Balaban J connectivity index is 1.30. The van der Waals surface area contributed by atoms with Gasteiger partial charge in [-0.15, -0.1) is 0 Å². The van der Waals surface area contributed by atoms with Crippen LogP contribution in [-0.2, 0) is 17.8 Å². The summed E-state index contributed by atoms with van der Waals surface area (Å²) in [6, 6.07) is 18.9. The molecule has 1 saturated heterocycles. The van der Waals surface area contributed by atoms with Crippen LogP contribution < -0.4 is 10.2 Å². The minimum absolute atomic E-state index is 0.142. The highest BCUT2D eigenvalue weighted by Gasteiger charge is 2.21. The number of carbonyl (C=O) groups excluding carboxylic acids is 1. The van der Waals surface area contributed by atoms with Gasteiger partial charge in [0.15, 0.2) is 5.82 Å². The minimum Gasteiger partial charge on any atom is -0.369 e. The quantitative estimate of drug-likeness (QED) is 0.683. The summed E-state index contributed by atoms with van der Waals surface area (Å²) in [5, 5.41) is 16.1. The molecule has 2 heterocycles. The highest BCUT2D eigenvalue weighted by molar-refractivity contribution is 5.91. The average Bonchev–Trinajstić information content (AvgIpc) is 3.38. The van der Waals surface area contributed by atoms with Crippen LogP contribution in [0.2, 0.25) is 0 Å². The van der Waals surface area contributed by atoms with Gasteiger partial charge in [0.2, 0.25) is 5.91 Å². The van der Waals surface area contributed by atoms with Gasteiger partial charge in [-0.05, 0) is 41.8 Å². The minimum atomic E-state index is -0.757. The molecule has 0 saturated carbocycles. The number of carbonyl (C=O) groups is 1. The molecule has 0 unspecified atom stereocenters. The van der Waals surface area contributed by atoms with E-state index in [2.05, 4.69) is 16.5 Å². The molecule has 1 aromatic heterocycles. The van der Waals surface area contributed by atoms with Gasteiger partial charge in [-0.2, -0.15) is 10.4 Å². The van der Waals surface area contributed by atoms with Crippen LogP contribution in [0, 0.1) is 11.3 Å². The lowest BCUT2D eigenvalue weighted by atomic mass is 10.1. The van der Waals surface area contributed by atoms with Crippen LogP contribution in [-0.4, -0.2) is 34.9 Å². The van der Waals surface area contributed by atoms with Crippen molar-refractivity contribution in [2.75, 3.05) is 23.3 Å². The van der Waals surface area contributed by atoms with E-state index in [9.17, 15) is 9.18 Å². The standard InChI is InChI=1S/C23H22FN5O/c24-20-9-11-28(16-20)21-7-5-17(6-8-21)13-23(30)26-22-10-12-29(27-22)15-19-3-1-18(14-25)2-4-19/h1-8,10,12,20H,9,11,13,15-16H2,(H,26,27,30)/t20-/m0/s1. The van der Waals surface area contributed by atoms with Crippen LogP contribution in [0.5, 0.6) is 0 Å². The third-order valence-electron chi connectivity index (χ3n) is 5.13. The Hall–Kier alpha value is -3.66. The lowest BCUT2D eigenvalue weighted by Gasteiger charge is -2.17. The van der Waals surface area contributed by atoms with Crippen LogP contribution >= 0.6 is 0 Å². The van der Waals surface area contributed by atoms with Gasteiger partial charge in [0.05, 0.1) is 24.6 Å². The first-order valence-electron chi connectivity index (χ1n) is 9.89. The Morgan fingerprint density at radius 2 is 1.87 bits per heavy atom. The van der Waals surface area contributed by atoms with E-state index in [1.54, 1.807) is 29.1 Å². The van der Waals surface area contributed by atoms with Crippen LogP contribution in [0.4, 0.5) is 15.9 Å². The molecule has 0 bridgehead atoms. The lowest BCUT2D eigenvalue weighted by molar-refractivity contribution is -0.115. The fraction of sp³-hybridized carbons (Fsp3) is 0.261. The lowest BCUT2D eigenvalue weighted by Crippen LogP contribution is -2.20. The molecule has 1 aliphatic rings. The molecule has 1 fully saturated rings. The molecule has 3 aromatic rings. The summed E-state index contributed by atoms with van der Waals surface area (Å²) in [5.74, 6) is 0.354. The average molecular weight is 403 g/mol. The summed E-state index contributed by atoms with van der Waals surface area (Å²) < 4.78 is 15.1. The monoisotopic (exact) mass is 403 g/mol. The van der Waals surface area contributed by atoms with E-state index in [0.29, 0.717) is 30.9 Å². The fourth-order valence-electron chi connectivity index (χ4n) is 3.54. The third-order valence-corrected chi connectivity index (χ3v) is 5.13. The molecule has 152 valence electrons. The molecule has 0 spiro atoms. The topological polar surface area (TPSA) is 74.0 Å². The smallest absolute Gasteiger partial charge is 0.229 e. The molecule has 30 heavy (non-hydrogen) atoms. The van der Waals surface area contributed by atoms with Crippen molar-refractivity contribution in [3.05, 3.63) is 77.5 Å². The fourth-order valence-corrected chi connectivity index (χ4v) is 3.54. The van der Waals surface area contributed by atoms with Crippen molar-refractivity contribution in [1.82, 2.24) is 9.78 Å². The van der Waals surface area contributed by atoms with Crippen LogP contribution in [0.15, 0.2) is 60.8 Å². The SMILES string of the molecule is N#Cc1ccc(Cn2ccc(NC(=O)Cc3ccc(N4CC[C@H](F)C4)cc3)n2)cc1. The van der Waals surface area contributed by atoms with E-state index >= 15 is 0 Å². The van der Waals surface area contributed by atoms with Gasteiger partial charge in [-0.3, -0.25) is 9.48 Å². The predicted octanol–water partition coefficient (Wildman–Crippen LogP) is 3.53. The van der Waals surface area contributed by atoms with E-state index in [4.69, 9.17) is 5.26 Å². The van der Waals surface area contributed by atoms with E-state index < -0.39 is 6.17 Å². The van der Waals surface area contributed by atoms with Gasteiger partial charge in [0, 0.05) is 31.0 Å². The summed E-state index contributed by atoms with van der Waals surface area (Å²) in [5.41, 5.74) is 3.52. The Morgan fingerprint density at radius 1 is 1.13 bits per heavy atom. The molecule has 2 aromatic carbocycles. The normalized spacial score (nSPS) is 15.7. The summed E-state index contributed by atoms with van der Waals surface area (Å²) in [6.07, 6.45) is 1.86. The summed E-state index contributed by atoms with van der Waals surface area (Å²) in [7, 11) is 0. The number of nitrogens with one attached hydrogen (secondary N) is 1. The van der Waals surface area contributed by atoms with Gasteiger partial charge < -0.3 is 10.2 Å². The Bertz CT molecular complexity index is 1050. The second-order valence-electron chi connectivity index (χ2n) is 7.43.